The van der Waals surface area contributed by atoms with Crippen LogP contribution in [-0.4, -0.2) is 9.78 Å². The van der Waals surface area contributed by atoms with Gasteiger partial charge in [-0.05, 0) is 12.3 Å². The number of nitrogens with zero attached hydrogens (tertiary/aromatic N) is 2. The fourth-order valence-electron chi connectivity index (χ4n) is 1.97. The third-order valence-electron chi connectivity index (χ3n) is 3.31. The van der Waals surface area contributed by atoms with E-state index in [0.717, 1.165) is 24.8 Å². The highest BCUT2D eigenvalue weighted by molar-refractivity contribution is 5.40. The Morgan fingerprint density at radius 3 is 2.44 bits per heavy atom. The molecule has 0 aromatic carbocycles. The molecule has 0 radical (unpaired) electrons. The fourth-order valence-corrected chi connectivity index (χ4v) is 1.97. The van der Waals surface area contributed by atoms with Crippen molar-refractivity contribution >= 4 is 5.82 Å². The number of aryl methyl sites for hydroxylation is 1. The smallest absolute Gasteiger partial charge is 0.126 e. The van der Waals surface area contributed by atoms with Gasteiger partial charge in [0.2, 0.25) is 0 Å². The van der Waals surface area contributed by atoms with Crippen molar-refractivity contribution in [3.63, 3.8) is 0 Å². The highest BCUT2D eigenvalue weighted by Crippen LogP contribution is 2.27. The third kappa shape index (κ3) is 2.74. The van der Waals surface area contributed by atoms with Crippen LogP contribution in [0.1, 0.15) is 44.7 Å². The van der Waals surface area contributed by atoms with E-state index in [-0.39, 0.29) is 6.04 Å². The minimum absolute atomic E-state index is 0.0959. The normalized spacial score (nSPS) is 13.3. The van der Waals surface area contributed by atoms with Crippen LogP contribution in [0.3, 0.4) is 0 Å². The minimum atomic E-state index is 0.0959. The van der Waals surface area contributed by atoms with Crippen molar-refractivity contribution in [2.45, 2.75) is 39.2 Å². The quantitative estimate of drug-likeness (QED) is 0.504. The molecule has 1 heterocycles. The molecule has 92 valence electrons. The second-order valence-corrected chi connectivity index (χ2v) is 4.25. The SMILES string of the molecule is CCC(CC)CC(NN)c1cnn(C)c1N. The molecule has 1 aromatic heterocycles. The van der Waals surface area contributed by atoms with E-state index in [1.807, 2.05) is 7.05 Å². The van der Waals surface area contributed by atoms with Crippen LogP contribution >= 0.6 is 0 Å². The van der Waals surface area contributed by atoms with Crippen LogP contribution in [0.5, 0.6) is 0 Å². The first kappa shape index (κ1) is 13.0. The summed E-state index contributed by atoms with van der Waals surface area (Å²) in [6.45, 7) is 4.41. The first-order chi connectivity index (χ1) is 7.63. The monoisotopic (exact) mass is 225 g/mol. The van der Waals surface area contributed by atoms with Gasteiger partial charge in [0.1, 0.15) is 5.82 Å². The summed E-state index contributed by atoms with van der Waals surface area (Å²) in [6.07, 6.45) is 5.12. The van der Waals surface area contributed by atoms with Crippen molar-refractivity contribution in [1.82, 2.24) is 15.2 Å². The molecule has 0 bridgehead atoms. The van der Waals surface area contributed by atoms with Gasteiger partial charge in [-0.3, -0.25) is 16.0 Å². The van der Waals surface area contributed by atoms with E-state index in [2.05, 4.69) is 24.4 Å². The molecule has 5 nitrogen and oxygen atoms in total. The lowest BCUT2D eigenvalue weighted by molar-refractivity contribution is 0.375. The number of hydrazine groups is 1. The largest absolute Gasteiger partial charge is 0.384 e. The molecule has 0 aliphatic rings. The summed E-state index contributed by atoms with van der Waals surface area (Å²) in [6, 6.07) is 0.0959. The zero-order valence-electron chi connectivity index (χ0n) is 10.4. The Morgan fingerprint density at radius 1 is 1.44 bits per heavy atom. The summed E-state index contributed by atoms with van der Waals surface area (Å²) in [4.78, 5) is 0. The lowest BCUT2D eigenvalue weighted by Gasteiger charge is -2.20. The van der Waals surface area contributed by atoms with Gasteiger partial charge in [0, 0.05) is 12.6 Å². The fraction of sp³-hybridized carbons (Fsp3) is 0.727. The van der Waals surface area contributed by atoms with E-state index in [9.17, 15) is 0 Å². The summed E-state index contributed by atoms with van der Waals surface area (Å²) >= 11 is 0. The highest BCUT2D eigenvalue weighted by Gasteiger charge is 2.19. The van der Waals surface area contributed by atoms with Gasteiger partial charge in [0.05, 0.1) is 12.2 Å². The second kappa shape index (κ2) is 5.86. The number of anilines is 1. The van der Waals surface area contributed by atoms with Crippen LogP contribution in [0.4, 0.5) is 5.82 Å². The van der Waals surface area contributed by atoms with Gasteiger partial charge in [-0.15, -0.1) is 0 Å². The molecule has 0 spiro atoms. The average Bonchev–Trinajstić information content (AvgIpc) is 2.62. The standard InChI is InChI=1S/C11H23N5/c1-4-8(5-2)6-10(15-13)9-7-14-16(3)11(9)12/h7-8,10,15H,4-6,12-13H2,1-3H3. The molecule has 5 N–H and O–H groups in total. The predicted octanol–water partition coefficient (Wildman–Crippen LogP) is 1.33. The molecule has 0 saturated heterocycles. The molecular formula is C11H23N5. The molecule has 16 heavy (non-hydrogen) atoms. The Labute approximate surface area is 97.2 Å². The summed E-state index contributed by atoms with van der Waals surface area (Å²) in [5, 5.41) is 4.14. The van der Waals surface area contributed by atoms with Crippen molar-refractivity contribution in [3.8, 4) is 0 Å². The summed E-state index contributed by atoms with van der Waals surface area (Å²) in [5.74, 6) is 6.95. The first-order valence-electron chi connectivity index (χ1n) is 5.87. The van der Waals surface area contributed by atoms with Crippen molar-refractivity contribution < 1.29 is 0 Å². The van der Waals surface area contributed by atoms with Crippen LogP contribution in [0.2, 0.25) is 0 Å². The van der Waals surface area contributed by atoms with Gasteiger partial charge in [0.15, 0.2) is 0 Å². The summed E-state index contributed by atoms with van der Waals surface area (Å²) < 4.78 is 1.67. The van der Waals surface area contributed by atoms with E-state index in [1.54, 1.807) is 10.9 Å². The van der Waals surface area contributed by atoms with E-state index in [1.165, 1.54) is 0 Å². The number of rotatable bonds is 6. The molecule has 5 heteroatoms. The Kier molecular flexibility index (Phi) is 4.76. The van der Waals surface area contributed by atoms with E-state index in [4.69, 9.17) is 11.6 Å². The maximum absolute atomic E-state index is 5.94. The highest BCUT2D eigenvalue weighted by atomic mass is 15.3. The molecule has 0 amide bonds. The molecule has 1 aromatic rings. The Balaban J connectivity index is 2.78. The maximum atomic E-state index is 5.94. The molecule has 1 atom stereocenters. The number of nitrogens with one attached hydrogen (secondary N) is 1. The lowest BCUT2D eigenvalue weighted by Crippen LogP contribution is -2.30. The van der Waals surface area contributed by atoms with E-state index in [0.29, 0.717) is 11.7 Å². The number of hydrogen-bond donors (Lipinski definition) is 3. The van der Waals surface area contributed by atoms with Crippen molar-refractivity contribution in [3.05, 3.63) is 11.8 Å². The van der Waals surface area contributed by atoms with Crippen molar-refractivity contribution in [2.75, 3.05) is 5.73 Å². The maximum Gasteiger partial charge on any atom is 0.126 e. The molecular weight excluding hydrogens is 202 g/mol. The molecule has 0 saturated carbocycles. The topological polar surface area (TPSA) is 81.9 Å². The molecule has 0 aliphatic carbocycles. The molecule has 1 unspecified atom stereocenters. The molecule has 0 aliphatic heterocycles. The number of hydrogen-bond acceptors (Lipinski definition) is 4. The van der Waals surface area contributed by atoms with Gasteiger partial charge < -0.3 is 5.73 Å². The van der Waals surface area contributed by atoms with Crippen LogP contribution in [-0.2, 0) is 7.05 Å². The number of nitrogen functional groups attached to an aromatic ring is 1. The third-order valence-corrected chi connectivity index (χ3v) is 3.31. The van der Waals surface area contributed by atoms with Gasteiger partial charge >= 0.3 is 0 Å². The number of nitrogens with two attached hydrogens (primary N) is 2. The lowest BCUT2D eigenvalue weighted by atomic mass is 9.92. The van der Waals surface area contributed by atoms with Gasteiger partial charge in [-0.1, -0.05) is 26.7 Å². The van der Waals surface area contributed by atoms with Crippen molar-refractivity contribution in [1.29, 1.82) is 0 Å². The molecule has 0 fully saturated rings. The first-order valence-corrected chi connectivity index (χ1v) is 5.87. The zero-order chi connectivity index (χ0) is 12.1. The minimum Gasteiger partial charge on any atom is -0.384 e. The number of aromatic nitrogens is 2. The van der Waals surface area contributed by atoms with Crippen molar-refractivity contribution in [2.24, 2.45) is 18.8 Å². The predicted molar refractivity (Wildman–Crippen MR) is 66.4 cm³/mol. The Bertz CT molecular complexity index is 316. The van der Waals surface area contributed by atoms with Crippen LogP contribution in [0.15, 0.2) is 6.20 Å². The van der Waals surface area contributed by atoms with Crippen LogP contribution in [0.25, 0.3) is 0 Å². The van der Waals surface area contributed by atoms with E-state index < -0.39 is 0 Å². The summed E-state index contributed by atoms with van der Waals surface area (Å²) in [5.41, 5.74) is 9.78. The van der Waals surface area contributed by atoms with Crippen LogP contribution < -0.4 is 17.0 Å². The second-order valence-electron chi connectivity index (χ2n) is 4.25. The van der Waals surface area contributed by atoms with Gasteiger partial charge in [-0.2, -0.15) is 5.10 Å². The Hall–Kier alpha value is -1.07. The zero-order valence-corrected chi connectivity index (χ0v) is 10.4. The van der Waals surface area contributed by atoms with Gasteiger partial charge in [-0.25, -0.2) is 0 Å². The van der Waals surface area contributed by atoms with Crippen LogP contribution in [0, 0.1) is 5.92 Å². The average molecular weight is 225 g/mol. The van der Waals surface area contributed by atoms with E-state index >= 15 is 0 Å². The summed E-state index contributed by atoms with van der Waals surface area (Å²) in [7, 11) is 1.84. The molecule has 1 rings (SSSR count). The Morgan fingerprint density at radius 2 is 2.06 bits per heavy atom. The van der Waals surface area contributed by atoms with Gasteiger partial charge in [0.25, 0.3) is 0 Å².